The number of hydrogen-bond acceptors (Lipinski definition) is 3. The summed E-state index contributed by atoms with van der Waals surface area (Å²) >= 11 is 7.12. The van der Waals surface area contributed by atoms with Gasteiger partial charge in [0.1, 0.15) is 0 Å². The van der Waals surface area contributed by atoms with E-state index < -0.39 is 0 Å². The highest BCUT2D eigenvalue weighted by atomic mass is 32.1. The van der Waals surface area contributed by atoms with E-state index in [0.717, 1.165) is 31.2 Å². The number of hydrogen-bond donors (Lipinski definition) is 1. The van der Waals surface area contributed by atoms with Crippen LogP contribution < -0.4 is 5.32 Å². The summed E-state index contributed by atoms with van der Waals surface area (Å²) < 4.78 is 5.67. The lowest BCUT2D eigenvalue weighted by molar-refractivity contribution is 0.0900. The molecule has 94 valence electrons. The number of thiocarbonyl (C=S) groups is 1. The van der Waals surface area contributed by atoms with E-state index in [4.69, 9.17) is 17.0 Å². The van der Waals surface area contributed by atoms with Crippen molar-refractivity contribution < 1.29 is 4.74 Å². The van der Waals surface area contributed by atoms with Crippen LogP contribution in [0.1, 0.15) is 17.7 Å². The van der Waals surface area contributed by atoms with Gasteiger partial charge in [-0.1, -0.05) is 6.07 Å². The van der Waals surface area contributed by atoms with Gasteiger partial charge in [-0.25, -0.2) is 0 Å². The van der Waals surface area contributed by atoms with Gasteiger partial charge >= 0.3 is 0 Å². The first-order chi connectivity index (χ1) is 8.29. The highest BCUT2D eigenvalue weighted by molar-refractivity contribution is 7.80. The van der Waals surface area contributed by atoms with Crippen LogP contribution in [0.4, 0.5) is 0 Å². The topological polar surface area (TPSA) is 24.5 Å². The quantitative estimate of drug-likeness (QED) is 0.848. The van der Waals surface area contributed by atoms with Gasteiger partial charge in [0.25, 0.3) is 0 Å². The number of ether oxygens (including phenoxy) is 1. The third-order valence-corrected chi connectivity index (χ3v) is 4.20. The lowest BCUT2D eigenvalue weighted by Gasteiger charge is -2.26. The smallest absolute Gasteiger partial charge is 0.169 e. The second-order valence-electron chi connectivity index (χ2n) is 4.15. The maximum absolute atomic E-state index is 5.67. The van der Waals surface area contributed by atoms with E-state index in [1.165, 1.54) is 11.3 Å². The molecule has 2 heterocycles. The highest BCUT2D eigenvalue weighted by Crippen LogP contribution is 2.17. The average molecular weight is 270 g/mol. The van der Waals surface area contributed by atoms with Crippen molar-refractivity contribution in [1.82, 2.24) is 10.2 Å². The zero-order chi connectivity index (χ0) is 12.1. The SMILES string of the molecule is CNC(=S)N(Cc1cccs1)CC1CCCO1. The van der Waals surface area contributed by atoms with Gasteiger partial charge in [-0.05, 0) is 36.5 Å². The lowest BCUT2D eigenvalue weighted by atomic mass is 10.2. The van der Waals surface area contributed by atoms with Crippen molar-refractivity contribution in [2.45, 2.75) is 25.5 Å². The molecule has 1 aliphatic rings. The van der Waals surface area contributed by atoms with Crippen LogP contribution in [-0.2, 0) is 11.3 Å². The average Bonchev–Trinajstić information content (AvgIpc) is 3.00. The Labute approximate surface area is 112 Å². The molecule has 1 saturated heterocycles. The third kappa shape index (κ3) is 3.66. The van der Waals surface area contributed by atoms with Crippen molar-refractivity contribution in [2.24, 2.45) is 0 Å². The summed E-state index contributed by atoms with van der Waals surface area (Å²) in [5.41, 5.74) is 0. The van der Waals surface area contributed by atoms with Crippen LogP contribution >= 0.6 is 23.6 Å². The van der Waals surface area contributed by atoms with Crippen LogP contribution in [0.2, 0.25) is 0 Å². The van der Waals surface area contributed by atoms with Gasteiger partial charge in [0.05, 0.1) is 12.6 Å². The fourth-order valence-corrected chi connectivity index (χ4v) is 2.86. The Morgan fingerprint density at radius 3 is 3.18 bits per heavy atom. The summed E-state index contributed by atoms with van der Waals surface area (Å²) in [5, 5.41) is 5.96. The summed E-state index contributed by atoms with van der Waals surface area (Å²) in [6, 6.07) is 4.22. The van der Waals surface area contributed by atoms with Crippen molar-refractivity contribution in [3.63, 3.8) is 0 Å². The summed E-state index contributed by atoms with van der Waals surface area (Å²) in [6.07, 6.45) is 2.65. The Hall–Kier alpha value is -0.650. The van der Waals surface area contributed by atoms with E-state index >= 15 is 0 Å². The molecule has 0 saturated carbocycles. The van der Waals surface area contributed by atoms with E-state index in [9.17, 15) is 0 Å². The summed E-state index contributed by atoms with van der Waals surface area (Å²) in [7, 11) is 1.87. The molecule has 1 unspecified atom stereocenters. The minimum atomic E-state index is 0.335. The first kappa shape index (κ1) is 12.8. The number of nitrogens with one attached hydrogen (secondary N) is 1. The van der Waals surface area contributed by atoms with Gasteiger partial charge in [0, 0.05) is 25.1 Å². The van der Waals surface area contributed by atoms with E-state index in [1.54, 1.807) is 11.3 Å². The van der Waals surface area contributed by atoms with Crippen molar-refractivity contribution in [3.05, 3.63) is 22.4 Å². The number of thiophene rings is 1. The molecule has 0 bridgehead atoms. The lowest BCUT2D eigenvalue weighted by Crippen LogP contribution is -2.41. The predicted molar refractivity (Wildman–Crippen MR) is 75.4 cm³/mol. The van der Waals surface area contributed by atoms with Crippen LogP contribution in [-0.4, -0.2) is 36.3 Å². The number of rotatable bonds is 4. The van der Waals surface area contributed by atoms with Crippen molar-refractivity contribution in [1.29, 1.82) is 0 Å². The van der Waals surface area contributed by atoms with Crippen LogP contribution in [0.3, 0.4) is 0 Å². The molecular formula is C12H18N2OS2. The van der Waals surface area contributed by atoms with Crippen LogP contribution in [0, 0.1) is 0 Å². The zero-order valence-electron chi connectivity index (χ0n) is 10.0. The summed E-state index contributed by atoms with van der Waals surface area (Å²) in [6.45, 7) is 2.65. The minimum absolute atomic E-state index is 0.335. The van der Waals surface area contributed by atoms with E-state index in [0.29, 0.717) is 6.10 Å². The van der Waals surface area contributed by atoms with Gasteiger partial charge in [0.2, 0.25) is 0 Å². The molecule has 3 nitrogen and oxygen atoms in total. The molecule has 1 atom stereocenters. The first-order valence-electron chi connectivity index (χ1n) is 5.90. The fourth-order valence-electron chi connectivity index (χ4n) is 2.00. The van der Waals surface area contributed by atoms with Gasteiger partial charge in [-0.15, -0.1) is 11.3 Å². The molecule has 0 amide bonds. The molecule has 17 heavy (non-hydrogen) atoms. The molecule has 1 fully saturated rings. The molecule has 1 N–H and O–H groups in total. The predicted octanol–water partition coefficient (Wildman–Crippen LogP) is 2.23. The summed E-state index contributed by atoms with van der Waals surface area (Å²) in [4.78, 5) is 3.53. The Morgan fingerprint density at radius 2 is 2.59 bits per heavy atom. The normalized spacial score (nSPS) is 19.2. The van der Waals surface area contributed by atoms with E-state index in [1.807, 2.05) is 7.05 Å². The molecule has 2 rings (SSSR count). The largest absolute Gasteiger partial charge is 0.376 e. The van der Waals surface area contributed by atoms with Gasteiger partial charge in [-0.3, -0.25) is 0 Å². The first-order valence-corrected chi connectivity index (χ1v) is 7.19. The van der Waals surface area contributed by atoms with Crippen molar-refractivity contribution >= 4 is 28.7 Å². The molecule has 5 heteroatoms. The van der Waals surface area contributed by atoms with Gasteiger partial charge in [0.15, 0.2) is 5.11 Å². The van der Waals surface area contributed by atoms with Crippen LogP contribution in [0.25, 0.3) is 0 Å². The maximum atomic E-state index is 5.67. The molecule has 1 aromatic heterocycles. The van der Waals surface area contributed by atoms with Crippen LogP contribution in [0.15, 0.2) is 17.5 Å². The monoisotopic (exact) mass is 270 g/mol. The second kappa shape index (κ2) is 6.33. The third-order valence-electron chi connectivity index (χ3n) is 2.88. The molecule has 1 aromatic rings. The Kier molecular flexibility index (Phi) is 4.76. The second-order valence-corrected chi connectivity index (χ2v) is 5.57. The maximum Gasteiger partial charge on any atom is 0.169 e. The molecule has 0 aromatic carbocycles. The van der Waals surface area contributed by atoms with Gasteiger partial charge < -0.3 is 15.0 Å². The molecule has 0 aliphatic carbocycles. The van der Waals surface area contributed by atoms with Crippen LogP contribution in [0.5, 0.6) is 0 Å². The molecule has 1 aliphatic heterocycles. The van der Waals surface area contributed by atoms with E-state index in [-0.39, 0.29) is 0 Å². The molecule has 0 radical (unpaired) electrons. The van der Waals surface area contributed by atoms with E-state index in [2.05, 4.69) is 27.7 Å². The van der Waals surface area contributed by atoms with Gasteiger partial charge in [-0.2, -0.15) is 0 Å². The minimum Gasteiger partial charge on any atom is -0.376 e. The Bertz CT molecular complexity index is 347. The number of nitrogens with zero attached hydrogens (tertiary/aromatic N) is 1. The zero-order valence-corrected chi connectivity index (χ0v) is 11.6. The highest BCUT2D eigenvalue weighted by Gasteiger charge is 2.20. The summed E-state index contributed by atoms with van der Waals surface area (Å²) in [5.74, 6) is 0. The van der Waals surface area contributed by atoms with Crippen molar-refractivity contribution in [3.8, 4) is 0 Å². The Morgan fingerprint density at radius 1 is 1.71 bits per heavy atom. The Balaban J connectivity index is 1.94. The fraction of sp³-hybridized carbons (Fsp3) is 0.583. The molecule has 0 spiro atoms. The standard InChI is InChI=1S/C12H18N2OS2/c1-13-12(16)14(8-10-4-2-6-15-10)9-11-5-3-7-17-11/h3,5,7,10H,2,4,6,8-9H2,1H3,(H,13,16). The molecular weight excluding hydrogens is 252 g/mol. The van der Waals surface area contributed by atoms with Crippen molar-refractivity contribution in [2.75, 3.05) is 20.2 Å².